The van der Waals surface area contributed by atoms with E-state index in [9.17, 15) is 0 Å². The van der Waals surface area contributed by atoms with Crippen molar-refractivity contribution in [2.75, 3.05) is 11.5 Å². The van der Waals surface area contributed by atoms with Crippen LogP contribution in [-0.4, -0.2) is 0 Å². The Balaban J connectivity index is 1.33. The lowest BCUT2D eigenvalue weighted by Crippen LogP contribution is -2.36. The van der Waals surface area contributed by atoms with Crippen molar-refractivity contribution in [3.63, 3.8) is 0 Å². The molecule has 0 spiro atoms. The Morgan fingerprint density at radius 3 is 2.29 bits per heavy atom. The molecule has 0 bridgehead atoms. The van der Waals surface area contributed by atoms with Crippen LogP contribution in [0, 0.1) is 17.3 Å². The predicted molar refractivity (Wildman–Crippen MR) is 145 cm³/mol. The topological polar surface area (TPSA) is 61.3 Å². The first-order chi connectivity index (χ1) is 16.6. The number of nitrogen functional groups attached to an aromatic ring is 2. The molecular weight excluding hydrogens is 416 g/mol. The van der Waals surface area contributed by atoms with E-state index in [4.69, 9.17) is 16.2 Å². The molecule has 3 heteroatoms. The average molecular weight is 463 g/mol. The zero-order chi connectivity index (χ0) is 23.8. The summed E-state index contributed by atoms with van der Waals surface area (Å²) < 4.78 is 5.99. The van der Waals surface area contributed by atoms with Gasteiger partial charge in [-0.05, 0) is 91.7 Å². The van der Waals surface area contributed by atoms with Crippen LogP contribution in [-0.2, 0) is 6.42 Å². The predicted octanol–water partition coefficient (Wildman–Crippen LogP) is 8.91. The summed E-state index contributed by atoms with van der Waals surface area (Å²) in [4.78, 5) is 0. The SMILES string of the molecule is CCCCCC1CCC(C2(CCc3ccc(Oc4ccc(N)cc4N)cc3)CCCCC2)CC1. The van der Waals surface area contributed by atoms with Crippen LogP contribution in [0.5, 0.6) is 11.5 Å². The highest BCUT2D eigenvalue weighted by Gasteiger charge is 2.40. The molecule has 0 radical (unpaired) electrons. The summed E-state index contributed by atoms with van der Waals surface area (Å²) >= 11 is 0. The van der Waals surface area contributed by atoms with Gasteiger partial charge in [-0.25, -0.2) is 0 Å². The molecule has 0 aromatic heterocycles. The van der Waals surface area contributed by atoms with E-state index in [1.807, 2.05) is 12.1 Å². The van der Waals surface area contributed by atoms with Crippen molar-refractivity contribution in [2.24, 2.45) is 17.3 Å². The van der Waals surface area contributed by atoms with Crippen molar-refractivity contribution in [3.8, 4) is 11.5 Å². The summed E-state index contributed by atoms with van der Waals surface area (Å²) in [7, 11) is 0. The Morgan fingerprint density at radius 2 is 1.62 bits per heavy atom. The fourth-order valence-corrected chi connectivity index (χ4v) is 6.77. The molecule has 0 saturated heterocycles. The maximum Gasteiger partial charge on any atom is 0.150 e. The molecule has 34 heavy (non-hydrogen) atoms. The van der Waals surface area contributed by atoms with E-state index in [-0.39, 0.29) is 0 Å². The number of benzene rings is 2. The Hall–Kier alpha value is -2.16. The molecule has 186 valence electrons. The molecule has 0 amide bonds. The van der Waals surface area contributed by atoms with Crippen LogP contribution in [0.4, 0.5) is 11.4 Å². The minimum Gasteiger partial charge on any atom is -0.455 e. The standard InChI is InChI=1S/C31H46N2O/c1-2-3-5-8-24-9-13-26(14-10-24)31(20-6-4-7-21-31)22-19-25-11-16-28(17-12-25)34-30-18-15-27(32)23-29(30)33/h11-12,15-18,23-24,26H,2-10,13-14,19-22,32-33H2,1H3. The molecule has 2 aromatic carbocycles. The highest BCUT2D eigenvalue weighted by molar-refractivity contribution is 5.61. The first-order valence-corrected chi connectivity index (χ1v) is 14.0. The van der Waals surface area contributed by atoms with E-state index >= 15 is 0 Å². The van der Waals surface area contributed by atoms with Gasteiger partial charge in [0.15, 0.2) is 0 Å². The number of hydrogen-bond donors (Lipinski definition) is 2. The van der Waals surface area contributed by atoms with Crippen LogP contribution < -0.4 is 16.2 Å². The molecule has 2 aliphatic carbocycles. The van der Waals surface area contributed by atoms with Crippen molar-refractivity contribution >= 4 is 11.4 Å². The molecule has 2 saturated carbocycles. The van der Waals surface area contributed by atoms with Crippen LogP contribution >= 0.6 is 0 Å². The van der Waals surface area contributed by atoms with Crippen LogP contribution in [0.15, 0.2) is 42.5 Å². The van der Waals surface area contributed by atoms with Gasteiger partial charge >= 0.3 is 0 Å². The van der Waals surface area contributed by atoms with Crippen LogP contribution in [0.25, 0.3) is 0 Å². The van der Waals surface area contributed by atoms with Crippen molar-refractivity contribution in [1.29, 1.82) is 0 Å². The van der Waals surface area contributed by atoms with Crippen molar-refractivity contribution < 1.29 is 4.74 Å². The number of aryl methyl sites for hydroxylation is 1. The Labute approximate surface area is 207 Å². The van der Waals surface area contributed by atoms with Crippen LogP contribution in [0.2, 0.25) is 0 Å². The minimum atomic E-state index is 0.573. The second kappa shape index (κ2) is 12.0. The summed E-state index contributed by atoms with van der Waals surface area (Å²) in [5.74, 6) is 3.44. The Kier molecular flexibility index (Phi) is 8.80. The molecule has 4 rings (SSSR count). The number of hydrogen-bond acceptors (Lipinski definition) is 3. The third-order valence-corrected chi connectivity index (χ3v) is 8.87. The van der Waals surface area contributed by atoms with Crippen molar-refractivity contribution in [1.82, 2.24) is 0 Å². The van der Waals surface area contributed by atoms with Gasteiger partial charge in [-0.3, -0.25) is 0 Å². The monoisotopic (exact) mass is 462 g/mol. The van der Waals surface area contributed by atoms with Gasteiger partial charge in [0.2, 0.25) is 0 Å². The first-order valence-electron chi connectivity index (χ1n) is 14.0. The fourth-order valence-electron chi connectivity index (χ4n) is 6.77. The number of nitrogens with two attached hydrogens (primary N) is 2. The third kappa shape index (κ3) is 6.49. The largest absolute Gasteiger partial charge is 0.455 e. The van der Waals surface area contributed by atoms with Gasteiger partial charge in [0, 0.05) is 5.69 Å². The van der Waals surface area contributed by atoms with E-state index < -0.39 is 0 Å². The van der Waals surface area contributed by atoms with Gasteiger partial charge in [-0.15, -0.1) is 0 Å². The van der Waals surface area contributed by atoms with E-state index in [0.29, 0.717) is 22.5 Å². The third-order valence-electron chi connectivity index (χ3n) is 8.87. The van der Waals surface area contributed by atoms with Crippen molar-refractivity contribution in [2.45, 2.75) is 103 Å². The van der Waals surface area contributed by atoms with Gasteiger partial charge in [0.1, 0.15) is 11.5 Å². The number of ether oxygens (including phenoxy) is 1. The Bertz CT molecular complexity index is 877. The van der Waals surface area contributed by atoms with Crippen LogP contribution in [0.3, 0.4) is 0 Å². The second-order valence-electron chi connectivity index (χ2n) is 11.2. The molecular formula is C31H46N2O. The highest BCUT2D eigenvalue weighted by atomic mass is 16.5. The molecule has 2 aromatic rings. The maximum absolute atomic E-state index is 6.05. The Morgan fingerprint density at radius 1 is 0.882 bits per heavy atom. The number of rotatable bonds is 10. The quantitative estimate of drug-likeness (QED) is 0.274. The highest BCUT2D eigenvalue weighted by Crippen LogP contribution is 2.52. The summed E-state index contributed by atoms with van der Waals surface area (Å²) in [5, 5.41) is 0. The lowest BCUT2D eigenvalue weighted by Gasteiger charge is -2.47. The van der Waals surface area contributed by atoms with Gasteiger partial charge < -0.3 is 16.2 Å². The molecule has 2 aliphatic rings. The van der Waals surface area contributed by atoms with Gasteiger partial charge in [-0.2, -0.15) is 0 Å². The van der Waals surface area contributed by atoms with E-state index in [1.54, 1.807) is 6.07 Å². The summed E-state index contributed by atoms with van der Waals surface area (Å²) in [5.41, 5.74) is 15.1. The van der Waals surface area contributed by atoms with Gasteiger partial charge in [-0.1, -0.05) is 76.8 Å². The maximum atomic E-state index is 6.05. The lowest BCUT2D eigenvalue weighted by molar-refractivity contribution is 0.0451. The van der Waals surface area contributed by atoms with Crippen LogP contribution in [0.1, 0.15) is 102 Å². The van der Waals surface area contributed by atoms with Gasteiger partial charge in [0.05, 0.1) is 5.69 Å². The molecule has 4 N–H and O–H groups in total. The molecule has 0 aliphatic heterocycles. The molecule has 0 atom stereocenters. The summed E-state index contributed by atoms with van der Waals surface area (Å²) in [6.07, 6.45) is 21.4. The van der Waals surface area contributed by atoms with E-state index in [1.165, 1.54) is 102 Å². The normalized spacial score (nSPS) is 22.4. The smallest absolute Gasteiger partial charge is 0.150 e. The zero-order valence-electron chi connectivity index (χ0n) is 21.4. The zero-order valence-corrected chi connectivity index (χ0v) is 21.4. The van der Waals surface area contributed by atoms with Crippen molar-refractivity contribution in [3.05, 3.63) is 48.0 Å². The molecule has 0 heterocycles. The van der Waals surface area contributed by atoms with Gasteiger partial charge in [0.25, 0.3) is 0 Å². The average Bonchev–Trinajstić information content (AvgIpc) is 2.86. The first kappa shape index (κ1) is 24.9. The minimum absolute atomic E-state index is 0.573. The fraction of sp³-hybridized carbons (Fsp3) is 0.613. The second-order valence-corrected chi connectivity index (χ2v) is 11.2. The molecule has 0 unspecified atom stereocenters. The summed E-state index contributed by atoms with van der Waals surface area (Å²) in [6, 6.07) is 14.0. The number of unbranched alkanes of at least 4 members (excludes halogenated alkanes) is 2. The molecule has 3 nitrogen and oxygen atoms in total. The molecule has 2 fully saturated rings. The number of anilines is 2. The van der Waals surface area contributed by atoms with E-state index in [0.717, 1.165) is 17.6 Å². The lowest BCUT2D eigenvalue weighted by atomic mass is 9.58. The summed E-state index contributed by atoms with van der Waals surface area (Å²) in [6.45, 7) is 2.32. The van der Waals surface area contributed by atoms with E-state index in [2.05, 4.69) is 31.2 Å².